The van der Waals surface area contributed by atoms with E-state index in [0.29, 0.717) is 0 Å². The van der Waals surface area contributed by atoms with Crippen molar-refractivity contribution in [3.05, 3.63) is 153 Å². The number of fused-ring (bicyclic) bond motifs is 4. The van der Waals surface area contributed by atoms with Gasteiger partial charge in [-0.2, -0.15) is 0 Å². The number of benzene rings is 2. The van der Waals surface area contributed by atoms with Gasteiger partial charge in [-0.15, -0.1) is 6.42 Å². The molecule has 5 heterocycles. The number of aliphatic imine (C=N–C) groups is 4. The highest BCUT2D eigenvalue weighted by Crippen LogP contribution is 2.36. The van der Waals surface area contributed by atoms with Crippen LogP contribution in [0, 0.1) is 33.1 Å². The van der Waals surface area contributed by atoms with E-state index in [1.165, 1.54) is 16.7 Å². The molecule has 0 atom stereocenters. The second-order valence-corrected chi connectivity index (χ2v) is 10.6. The van der Waals surface area contributed by atoms with Crippen LogP contribution in [0.5, 0.6) is 0 Å². The van der Waals surface area contributed by atoms with Crippen LogP contribution in [0.1, 0.15) is 33.4 Å². The molecule has 194 valence electrons. The van der Waals surface area contributed by atoms with Gasteiger partial charge in [-0.05, 0) is 116 Å². The maximum absolute atomic E-state index is 5.65. The monoisotopic (exact) mass is 526 g/mol. The van der Waals surface area contributed by atoms with Gasteiger partial charge in [0.25, 0.3) is 0 Å². The summed E-state index contributed by atoms with van der Waals surface area (Å²) in [7, 11) is 0. The highest BCUT2D eigenvalue weighted by Gasteiger charge is 2.25. The molecule has 0 saturated carbocycles. The molecule has 7 rings (SSSR count). The first-order chi connectivity index (χ1) is 19.9. The predicted molar refractivity (Wildman–Crippen MR) is 171 cm³/mol. The normalized spacial score (nSPS) is 18.4. The van der Waals surface area contributed by atoms with Gasteiger partial charge < -0.3 is 0 Å². The lowest BCUT2D eigenvalue weighted by Crippen LogP contribution is -2.05. The third-order valence-corrected chi connectivity index (χ3v) is 7.53. The summed E-state index contributed by atoms with van der Waals surface area (Å²) in [6.07, 6.45) is 26.0. The lowest BCUT2D eigenvalue weighted by Gasteiger charge is -2.16. The number of rotatable bonds is 2. The van der Waals surface area contributed by atoms with E-state index in [2.05, 4.69) is 57.1 Å². The van der Waals surface area contributed by atoms with Gasteiger partial charge in [0.2, 0.25) is 0 Å². The van der Waals surface area contributed by atoms with E-state index >= 15 is 0 Å². The molecule has 0 unspecified atom stereocenters. The zero-order chi connectivity index (χ0) is 28.1. The number of hydrogen-bond acceptors (Lipinski definition) is 4. The number of aryl methyl sites for hydroxylation is 3. The van der Waals surface area contributed by atoms with Crippen molar-refractivity contribution in [2.45, 2.75) is 20.8 Å². The Hall–Kier alpha value is -5.40. The summed E-state index contributed by atoms with van der Waals surface area (Å²) in [5, 5.41) is 0. The summed E-state index contributed by atoms with van der Waals surface area (Å²) in [6.45, 7) is 6.45. The summed E-state index contributed by atoms with van der Waals surface area (Å²) in [5.41, 5.74) is 15.4. The molecule has 0 aromatic heterocycles. The Labute approximate surface area is 240 Å². The zero-order valence-electron chi connectivity index (χ0n) is 23.1. The molecular formula is C37H26N4. The van der Waals surface area contributed by atoms with Crippen LogP contribution in [0.15, 0.2) is 140 Å². The lowest BCUT2D eigenvalue weighted by molar-refractivity contribution is 1.28. The molecule has 4 nitrogen and oxygen atoms in total. The summed E-state index contributed by atoms with van der Waals surface area (Å²) in [6, 6.07) is 12.4. The minimum Gasteiger partial charge on any atom is -0.249 e. The van der Waals surface area contributed by atoms with Crippen LogP contribution in [-0.2, 0) is 0 Å². The fourth-order valence-electron chi connectivity index (χ4n) is 5.82. The highest BCUT2D eigenvalue weighted by atomic mass is 14.9. The van der Waals surface area contributed by atoms with Crippen LogP contribution >= 0.6 is 0 Å². The molecule has 2 aromatic rings. The summed E-state index contributed by atoms with van der Waals surface area (Å²) >= 11 is 0. The first-order valence-corrected chi connectivity index (χ1v) is 13.6. The van der Waals surface area contributed by atoms with Gasteiger partial charge in [0, 0.05) is 16.7 Å². The van der Waals surface area contributed by atoms with E-state index in [9.17, 15) is 0 Å². The van der Waals surface area contributed by atoms with Gasteiger partial charge in [0.05, 0.1) is 45.6 Å². The number of nitrogens with zero attached hydrogens (tertiary/aromatic N) is 4. The van der Waals surface area contributed by atoms with Crippen LogP contribution in [0.3, 0.4) is 0 Å². The third kappa shape index (κ3) is 4.48. The molecule has 0 saturated heterocycles. The molecule has 5 aliphatic rings. The Morgan fingerprint density at radius 1 is 0.585 bits per heavy atom. The molecule has 8 bridgehead atoms. The van der Waals surface area contributed by atoms with Gasteiger partial charge in [0.15, 0.2) is 0 Å². The van der Waals surface area contributed by atoms with Crippen molar-refractivity contribution in [3.8, 4) is 12.3 Å². The SMILES string of the molecule is C#Cc1ccc(C2=C3C=CC(=N3)C=C3C=CC(=N3)C=C3C=CC(=N3)C(c3c(C)cc(C)cc3C)=C3C=CC2=N3)cc1. The van der Waals surface area contributed by atoms with E-state index in [4.69, 9.17) is 26.4 Å². The van der Waals surface area contributed by atoms with E-state index < -0.39 is 0 Å². The van der Waals surface area contributed by atoms with E-state index in [-0.39, 0.29) is 0 Å². The van der Waals surface area contributed by atoms with Gasteiger partial charge in [-0.25, -0.2) is 20.0 Å². The average Bonchev–Trinajstić information content (AvgIpc) is 3.76. The van der Waals surface area contributed by atoms with Crippen molar-refractivity contribution < 1.29 is 0 Å². The lowest BCUT2D eigenvalue weighted by atomic mass is 9.90. The van der Waals surface area contributed by atoms with Gasteiger partial charge in [0.1, 0.15) is 0 Å². The molecule has 0 aliphatic carbocycles. The quantitative estimate of drug-likeness (QED) is 0.363. The fourth-order valence-corrected chi connectivity index (χ4v) is 5.82. The zero-order valence-corrected chi connectivity index (χ0v) is 23.1. The average molecular weight is 527 g/mol. The first-order valence-electron chi connectivity index (χ1n) is 13.6. The fraction of sp³-hybridized carbons (Fsp3) is 0.0811. The first kappa shape index (κ1) is 24.6. The number of terminal acetylenes is 1. The van der Waals surface area contributed by atoms with E-state index in [0.717, 1.165) is 73.5 Å². The maximum Gasteiger partial charge on any atom is 0.0738 e. The van der Waals surface area contributed by atoms with Crippen LogP contribution in [-0.4, -0.2) is 22.8 Å². The summed E-state index contributed by atoms with van der Waals surface area (Å²) < 4.78 is 0. The molecule has 0 spiro atoms. The Morgan fingerprint density at radius 3 is 1.93 bits per heavy atom. The predicted octanol–water partition coefficient (Wildman–Crippen LogP) is 7.54. The Bertz CT molecular complexity index is 1960. The molecule has 0 N–H and O–H groups in total. The standard InChI is InChI=1S/C37H26N4/c1-5-25-6-8-26(9-7-25)36-31-14-12-29(39-31)20-27-10-11-28(38-27)21-30-13-15-33(40-30)37(34-17-16-32(36)41-34)35-23(3)18-22(2)19-24(35)4/h1,6-21H,2-4H3. The number of hydrogen-bond donors (Lipinski definition) is 0. The molecule has 41 heavy (non-hydrogen) atoms. The Balaban J connectivity index is 1.52. The van der Waals surface area contributed by atoms with Crippen molar-refractivity contribution in [1.82, 2.24) is 0 Å². The van der Waals surface area contributed by atoms with Crippen LogP contribution in [0.25, 0.3) is 11.1 Å². The molecule has 4 heteroatoms. The van der Waals surface area contributed by atoms with Gasteiger partial charge in [-0.3, -0.25) is 0 Å². The van der Waals surface area contributed by atoms with Crippen molar-refractivity contribution in [3.63, 3.8) is 0 Å². The molecule has 5 aliphatic heterocycles. The minimum atomic E-state index is 0.831. The second-order valence-electron chi connectivity index (χ2n) is 10.6. The van der Waals surface area contributed by atoms with Crippen LogP contribution < -0.4 is 0 Å². The van der Waals surface area contributed by atoms with Crippen molar-refractivity contribution >= 4 is 34.0 Å². The molecule has 2 aromatic carbocycles. The molecule has 0 amide bonds. The smallest absolute Gasteiger partial charge is 0.0738 e. The van der Waals surface area contributed by atoms with Crippen molar-refractivity contribution in [2.75, 3.05) is 0 Å². The van der Waals surface area contributed by atoms with Gasteiger partial charge in [-0.1, -0.05) is 35.7 Å². The van der Waals surface area contributed by atoms with Crippen molar-refractivity contribution in [2.24, 2.45) is 20.0 Å². The minimum absolute atomic E-state index is 0.831. The summed E-state index contributed by atoms with van der Waals surface area (Å²) in [4.78, 5) is 20.1. The molecule has 0 radical (unpaired) electrons. The maximum atomic E-state index is 5.65. The molecule has 0 fully saturated rings. The number of allylic oxidation sites excluding steroid dienone is 12. The largest absolute Gasteiger partial charge is 0.249 e. The highest BCUT2D eigenvalue weighted by molar-refractivity contribution is 6.36. The second kappa shape index (κ2) is 9.66. The van der Waals surface area contributed by atoms with Crippen molar-refractivity contribution in [1.29, 1.82) is 0 Å². The van der Waals surface area contributed by atoms with E-state index in [1.54, 1.807) is 0 Å². The van der Waals surface area contributed by atoms with Crippen LogP contribution in [0.2, 0.25) is 0 Å². The van der Waals surface area contributed by atoms with E-state index in [1.807, 2.05) is 66.8 Å². The topological polar surface area (TPSA) is 49.4 Å². The Kier molecular flexibility index (Phi) is 5.80. The van der Waals surface area contributed by atoms with Gasteiger partial charge >= 0.3 is 0 Å². The third-order valence-electron chi connectivity index (χ3n) is 7.53. The van der Waals surface area contributed by atoms with Crippen LogP contribution in [0.4, 0.5) is 0 Å². The molecular weight excluding hydrogens is 500 g/mol. The Morgan fingerprint density at radius 2 is 1.17 bits per heavy atom. The summed E-state index contributed by atoms with van der Waals surface area (Å²) in [5.74, 6) is 2.71.